The highest BCUT2D eigenvalue weighted by molar-refractivity contribution is 14.0. The summed E-state index contributed by atoms with van der Waals surface area (Å²) in [6.45, 7) is 9.61. The second kappa shape index (κ2) is 14.3. The lowest BCUT2D eigenvalue weighted by molar-refractivity contribution is -0.0201. The quantitative estimate of drug-likeness (QED) is 0.240. The normalized spacial score (nSPS) is 19.9. The fourth-order valence-electron chi connectivity index (χ4n) is 4.60. The van der Waals surface area contributed by atoms with Crippen LogP contribution in [0.3, 0.4) is 0 Å². The van der Waals surface area contributed by atoms with E-state index in [9.17, 15) is 5.11 Å². The van der Waals surface area contributed by atoms with Crippen molar-refractivity contribution in [2.24, 2.45) is 4.99 Å². The van der Waals surface area contributed by atoms with Crippen LogP contribution in [0.1, 0.15) is 51.5 Å². The molecule has 1 heterocycles. The number of morpholine rings is 1. The van der Waals surface area contributed by atoms with Gasteiger partial charge in [0.15, 0.2) is 5.96 Å². The van der Waals surface area contributed by atoms with Crippen LogP contribution in [-0.2, 0) is 11.3 Å². The van der Waals surface area contributed by atoms with Gasteiger partial charge in [0, 0.05) is 51.5 Å². The molecule has 1 saturated heterocycles. The Morgan fingerprint density at radius 3 is 2.45 bits per heavy atom. The summed E-state index contributed by atoms with van der Waals surface area (Å²) in [6, 6.07) is 9.45. The molecule has 0 radical (unpaired) electrons. The van der Waals surface area contributed by atoms with Gasteiger partial charge in [-0.2, -0.15) is 0 Å². The molecule has 33 heavy (non-hydrogen) atoms. The minimum atomic E-state index is -0.834. The molecular formula is C25H44IN5O2. The first-order valence-corrected chi connectivity index (χ1v) is 12.3. The zero-order valence-electron chi connectivity index (χ0n) is 20.7. The standard InChI is InChI=1S/C25H43N5O2.HI/c1-4-26-24(28-19-25(2,31)20-30-14-16-32-17-15-30)27-18-21-10-12-23(13-11-21)29(3)22-8-6-5-7-9-22;/h10-13,22,31H,4-9,14-20H2,1-3H3,(H2,26,27,28);1H. The molecule has 0 bridgehead atoms. The molecule has 1 atom stereocenters. The van der Waals surface area contributed by atoms with E-state index in [-0.39, 0.29) is 24.0 Å². The molecule has 0 aromatic heterocycles. The van der Waals surface area contributed by atoms with Crippen molar-refractivity contribution in [2.45, 2.75) is 64.1 Å². The van der Waals surface area contributed by atoms with Gasteiger partial charge < -0.3 is 25.4 Å². The van der Waals surface area contributed by atoms with Crippen LogP contribution in [0.15, 0.2) is 29.3 Å². The molecule has 3 N–H and O–H groups in total. The van der Waals surface area contributed by atoms with E-state index in [1.54, 1.807) is 0 Å². The Kier molecular flexibility index (Phi) is 12.2. The molecule has 1 aliphatic carbocycles. The number of aliphatic imine (C=N–C) groups is 1. The maximum Gasteiger partial charge on any atom is 0.191 e. The molecular weight excluding hydrogens is 529 g/mol. The molecule has 1 aromatic carbocycles. The predicted molar refractivity (Wildman–Crippen MR) is 148 cm³/mol. The minimum Gasteiger partial charge on any atom is -0.387 e. The highest BCUT2D eigenvalue weighted by Crippen LogP contribution is 2.26. The van der Waals surface area contributed by atoms with Gasteiger partial charge in [0.25, 0.3) is 0 Å². The van der Waals surface area contributed by atoms with Crippen molar-refractivity contribution >= 4 is 35.6 Å². The first kappa shape index (κ1) is 28.1. The van der Waals surface area contributed by atoms with Gasteiger partial charge in [0.1, 0.15) is 0 Å². The largest absolute Gasteiger partial charge is 0.387 e. The van der Waals surface area contributed by atoms with E-state index in [1.165, 1.54) is 43.4 Å². The van der Waals surface area contributed by atoms with Crippen molar-refractivity contribution in [3.05, 3.63) is 29.8 Å². The summed E-state index contributed by atoms with van der Waals surface area (Å²) in [5, 5.41) is 17.4. The lowest BCUT2D eigenvalue weighted by atomic mass is 9.94. The minimum absolute atomic E-state index is 0. The molecule has 0 amide bonds. The van der Waals surface area contributed by atoms with E-state index in [2.05, 4.69) is 58.7 Å². The van der Waals surface area contributed by atoms with Gasteiger partial charge in [0.05, 0.1) is 25.4 Å². The molecule has 1 aromatic rings. The van der Waals surface area contributed by atoms with Gasteiger partial charge in [-0.1, -0.05) is 31.4 Å². The first-order chi connectivity index (χ1) is 15.5. The number of nitrogens with one attached hydrogen (secondary N) is 2. The lowest BCUT2D eigenvalue weighted by Crippen LogP contribution is -2.52. The fourth-order valence-corrected chi connectivity index (χ4v) is 4.60. The average molecular weight is 574 g/mol. The third-order valence-electron chi connectivity index (χ3n) is 6.53. The molecule has 1 aliphatic heterocycles. The Morgan fingerprint density at radius 1 is 1.15 bits per heavy atom. The first-order valence-electron chi connectivity index (χ1n) is 12.3. The predicted octanol–water partition coefficient (Wildman–Crippen LogP) is 3.21. The smallest absolute Gasteiger partial charge is 0.191 e. The molecule has 8 heteroatoms. The van der Waals surface area contributed by atoms with Crippen molar-refractivity contribution < 1.29 is 9.84 Å². The Balaban J connectivity index is 0.00000385. The fraction of sp³-hybridized carbons (Fsp3) is 0.720. The second-order valence-electron chi connectivity index (χ2n) is 9.50. The van der Waals surface area contributed by atoms with Crippen LogP contribution in [0.4, 0.5) is 5.69 Å². The van der Waals surface area contributed by atoms with Gasteiger partial charge in [-0.05, 0) is 44.4 Å². The second-order valence-corrected chi connectivity index (χ2v) is 9.50. The van der Waals surface area contributed by atoms with Gasteiger partial charge in [0.2, 0.25) is 0 Å². The van der Waals surface area contributed by atoms with E-state index in [0.29, 0.717) is 25.7 Å². The molecule has 3 rings (SSSR count). The van der Waals surface area contributed by atoms with E-state index >= 15 is 0 Å². The molecule has 1 saturated carbocycles. The number of hydrogen-bond acceptors (Lipinski definition) is 5. The maximum atomic E-state index is 10.8. The highest BCUT2D eigenvalue weighted by Gasteiger charge is 2.25. The maximum absolute atomic E-state index is 10.8. The van der Waals surface area contributed by atoms with Gasteiger partial charge in [-0.25, -0.2) is 4.99 Å². The number of halogens is 1. The zero-order chi connectivity index (χ0) is 22.8. The Morgan fingerprint density at radius 2 is 1.82 bits per heavy atom. The molecule has 188 valence electrons. The molecule has 1 unspecified atom stereocenters. The van der Waals surface area contributed by atoms with Gasteiger partial charge >= 0.3 is 0 Å². The number of guanidine groups is 1. The summed E-state index contributed by atoms with van der Waals surface area (Å²) in [6.07, 6.45) is 6.68. The van der Waals surface area contributed by atoms with Crippen LogP contribution in [0.5, 0.6) is 0 Å². The molecule has 2 fully saturated rings. The molecule has 0 spiro atoms. The number of hydrogen-bond donors (Lipinski definition) is 3. The van der Waals surface area contributed by atoms with Crippen molar-refractivity contribution in [2.75, 3.05) is 57.9 Å². The molecule has 7 nitrogen and oxygen atoms in total. The van der Waals surface area contributed by atoms with E-state index in [0.717, 1.165) is 38.8 Å². The number of ether oxygens (including phenoxy) is 1. The SMILES string of the molecule is CCNC(=NCc1ccc(N(C)C2CCCCC2)cc1)NCC(C)(O)CN1CCOCC1.I. The van der Waals surface area contributed by atoms with Crippen LogP contribution in [0.2, 0.25) is 0 Å². The van der Waals surface area contributed by atoms with Crippen LogP contribution in [0, 0.1) is 0 Å². The number of nitrogens with zero attached hydrogens (tertiary/aromatic N) is 3. The van der Waals surface area contributed by atoms with Crippen molar-refractivity contribution in [3.8, 4) is 0 Å². The van der Waals surface area contributed by atoms with E-state index in [1.807, 2.05) is 6.92 Å². The van der Waals surface area contributed by atoms with Crippen molar-refractivity contribution in [1.29, 1.82) is 0 Å². The average Bonchev–Trinajstić information content (AvgIpc) is 2.82. The number of benzene rings is 1. The Labute approximate surface area is 217 Å². The van der Waals surface area contributed by atoms with Crippen LogP contribution >= 0.6 is 24.0 Å². The molecule has 2 aliphatic rings. The number of anilines is 1. The number of β-amino-alcohol motifs (C(OH)–C–C–N with tert-alkyl or cyclic N) is 1. The summed E-state index contributed by atoms with van der Waals surface area (Å²) in [7, 11) is 2.22. The van der Waals surface area contributed by atoms with Gasteiger partial charge in [-0.3, -0.25) is 4.90 Å². The van der Waals surface area contributed by atoms with Crippen LogP contribution in [0.25, 0.3) is 0 Å². The van der Waals surface area contributed by atoms with E-state index < -0.39 is 5.60 Å². The number of aliphatic hydroxyl groups is 1. The highest BCUT2D eigenvalue weighted by atomic mass is 127. The summed E-state index contributed by atoms with van der Waals surface area (Å²) in [5.41, 5.74) is 1.63. The topological polar surface area (TPSA) is 72.4 Å². The van der Waals surface area contributed by atoms with Crippen LogP contribution in [-0.4, -0.2) is 80.6 Å². The Hall–Kier alpha value is -1.10. The zero-order valence-corrected chi connectivity index (χ0v) is 23.0. The number of rotatable bonds is 9. The third-order valence-corrected chi connectivity index (χ3v) is 6.53. The van der Waals surface area contributed by atoms with Crippen LogP contribution < -0.4 is 15.5 Å². The van der Waals surface area contributed by atoms with Gasteiger partial charge in [-0.15, -0.1) is 24.0 Å². The summed E-state index contributed by atoms with van der Waals surface area (Å²) >= 11 is 0. The summed E-state index contributed by atoms with van der Waals surface area (Å²) in [5.74, 6) is 0.734. The third kappa shape index (κ3) is 9.58. The Bertz CT molecular complexity index is 701. The van der Waals surface area contributed by atoms with Crippen molar-refractivity contribution in [3.63, 3.8) is 0 Å². The monoisotopic (exact) mass is 573 g/mol. The summed E-state index contributed by atoms with van der Waals surface area (Å²) < 4.78 is 5.40. The lowest BCUT2D eigenvalue weighted by Gasteiger charge is -2.34. The summed E-state index contributed by atoms with van der Waals surface area (Å²) in [4.78, 5) is 9.42. The van der Waals surface area contributed by atoms with E-state index in [4.69, 9.17) is 9.73 Å². The van der Waals surface area contributed by atoms with Crippen molar-refractivity contribution in [1.82, 2.24) is 15.5 Å².